The highest BCUT2D eigenvalue weighted by molar-refractivity contribution is 7.09. The Hall–Kier alpha value is -0.910. The second kappa shape index (κ2) is 6.87. The van der Waals surface area contributed by atoms with Crippen LogP contribution in [0.4, 0.5) is 0 Å². The first-order valence-corrected chi connectivity index (χ1v) is 7.33. The number of likely N-dealkylation sites (N-methyl/N-ethyl adjacent to an activating group) is 1. The molecule has 1 aliphatic heterocycles. The number of amides is 1. The van der Waals surface area contributed by atoms with Crippen LogP contribution in [0.15, 0.2) is 17.5 Å². The van der Waals surface area contributed by atoms with E-state index in [0.29, 0.717) is 6.54 Å². The summed E-state index contributed by atoms with van der Waals surface area (Å²) in [6.07, 6.45) is 1.03. The van der Waals surface area contributed by atoms with Crippen molar-refractivity contribution >= 4 is 17.2 Å². The van der Waals surface area contributed by atoms with Crippen LogP contribution < -0.4 is 5.32 Å². The fourth-order valence-corrected chi connectivity index (χ4v) is 2.78. The van der Waals surface area contributed by atoms with Crippen LogP contribution in [0.25, 0.3) is 0 Å². The minimum Gasteiger partial charge on any atom is -0.339 e. The lowest BCUT2D eigenvalue weighted by Gasteiger charge is -2.29. The van der Waals surface area contributed by atoms with Gasteiger partial charge in [0.1, 0.15) is 0 Å². The fraction of sp³-hybridized carbons (Fsp3) is 0.615. The molecule has 1 fully saturated rings. The zero-order valence-corrected chi connectivity index (χ0v) is 11.7. The number of hydrogen-bond donors (Lipinski definition) is 1. The molecule has 0 aliphatic carbocycles. The molecule has 0 radical (unpaired) electrons. The number of rotatable bonds is 5. The topological polar surface area (TPSA) is 35.6 Å². The molecule has 2 heterocycles. The largest absolute Gasteiger partial charge is 0.339 e. The van der Waals surface area contributed by atoms with E-state index in [1.165, 1.54) is 4.88 Å². The smallest absolute Gasteiger partial charge is 0.236 e. The SMILES string of the molecule is CN(CCc1cccs1)CC(=O)N1CCNCC1. The van der Waals surface area contributed by atoms with E-state index in [1.54, 1.807) is 11.3 Å². The molecule has 0 spiro atoms. The molecule has 2 rings (SSSR count). The van der Waals surface area contributed by atoms with Gasteiger partial charge in [-0.1, -0.05) is 6.07 Å². The van der Waals surface area contributed by atoms with E-state index < -0.39 is 0 Å². The second-order valence-electron chi connectivity index (χ2n) is 4.70. The summed E-state index contributed by atoms with van der Waals surface area (Å²) in [5, 5.41) is 5.36. The molecule has 1 aromatic heterocycles. The maximum atomic E-state index is 12.0. The van der Waals surface area contributed by atoms with Crippen LogP contribution in [0.5, 0.6) is 0 Å². The highest BCUT2D eigenvalue weighted by atomic mass is 32.1. The zero-order valence-electron chi connectivity index (χ0n) is 10.9. The van der Waals surface area contributed by atoms with Crippen molar-refractivity contribution in [3.05, 3.63) is 22.4 Å². The lowest BCUT2D eigenvalue weighted by Crippen LogP contribution is -2.49. The molecule has 0 unspecified atom stereocenters. The standard InChI is InChI=1S/C13H21N3OS/c1-15(7-4-12-3-2-10-18-12)11-13(17)16-8-5-14-6-9-16/h2-3,10,14H,4-9,11H2,1H3. The van der Waals surface area contributed by atoms with Crippen molar-refractivity contribution in [3.8, 4) is 0 Å². The Bertz CT molecular complexity index is 360. The van der Waals surface area contributed by atoms with Gasteiger partial charge in [-0.3, -0.25) is 9.69 Å². The highest BCUT2D eigenvalue weighted by Crippen LogP contribution is 2.09. The quantitative estimate of drug-likeness (QED) is 0.851. The summed E-state index contributed by atoms with van der Waals surface area (Å²) in [6.45, 7) is 5.01. The number of nitrogens with zero attached hydrogens (tertiary/aromatic N) is 2. The number of hydrogen-bond acceptors (Lipinski definition) is 4. The van der Waals surface area contributed by atoms with Gasteiger partial charge in [-0.25, -0.2) is 0 Å². The third-order valence-electron chi connectivity index (χ3n) is 3.19. The predicted octanol–water partition coefficient (Wildman–Crippen LogP) is 0.654. The fourth-order valence-electron chi connectivity index (χ4n) is 2.08. The molecule has 4 nitrogen and oxygen atoms in total. The molecular formula is C13H21N3OS. The van der Waals surface area contributed by atoms with Gasteiger partial charge < -0.3 is 10.2 Å². The maximum Gasteiger partial charge on any atom is 0.236 e. The van der Waals surface area contributed by atoms with E-state index in [-0.39, 0.29) is 5.91 Å². The third-order valence-corrected chi connectivity index (χ3v) is 4.13. The van der Waals surface area contributed by atoms with Gasteiger partial charge in [-0.05, 0) is 24.9 Å². The molecule has 1 saturated heterocycles. The average Bonchev–Trinajstić information content (AvgIpc) is 2.90. The van der Waals surface area contributed by atoms with Crippen LogP contribution >= 0.6 is 11.3 Å². The summed E-state index contributed by atoms with van der Waals surface area (Å²) < 4.78 is 0. The maximum absolute atomic E-state index is 12.0. The first kappa shape index (κ1) is 13.5. The summed E-state index contributed by atoms with van der Waals surface area (Å²) in [5.74, 6) is 0.255. The number of carbonyl (C=O) groups is 1. The summed E-state index contributed by atoms with van der Waals surface area (Å²) in [7, 11) is 2.02. The van der Waals surface area contributed by atoms with Crippen molar-refractivity contribution in [2.45, 2.75) is 6.42 Å². The van der Waals surface area contributed by atoms with Crippen molar-refractivity contribution in [3.63, 3.8) is 0 Å². The van der Waals surface area contributed by atoms with E-state index in [0.717, 1.165) is 39.1 Å². The predicted molar refractivity (Wildman–Crippen MR) is 75.0 cm³/mol. The van der Waals surface area contributed by atoms with Crippen LogP contribution in [-0.4, -0.2) is 62.0 Å². The Kier molecular flexibility index (Phi) is 5.16. The van der Waals surface area contributed by atoms with Crippen molar-refractivity contribution in [2.75, 3.05) is 46.3 Å². The molecule has 0 bridgehead atoms. The van der Waals surface area contributed by atoms with Gasteiger partial charge in [0.25, 0.3) is 0 Å². The molecule has 0 saturated carbocycles. The van der Waals surface area contributed by atoms with Crippen molar-refractivity contribution in [2.24, 2.45) is 0 Å². The molecular weight excluding hydrogens is 246 g/mol. The van der Waals surface area contributed by atoms with Gasteiger partial charge in [0.2, 0.25) is 5.91 Å². The van der Waals surface area contributed by atoms with Crippen molar-refractivity contribution in [1.82, 2.24) is 15.1 Å². The normalized spacial score (nSPS) is 16.2. The summed E-state index contributed by atoms with van der Waals surface area (Å²) >= 11 is 1.78. The average molecular weight is 267 g/mol. The van der Waals surface area contributed by atoms with E-state index in [9.17, 15) is 4.79 Å². The molecule has 18 heavy (non-hydrogen) atoms. The van der Waals surface area contributed by atoms with E-state index in [4.69, 9.17) is 0 Å². The van der Waals surface area contributed by atoms with Crippen molar-refractivity contribution in [1.29, 1.82) is 0 Å². The third kappa shape index (κ3) is 4.08. The summed E-state index contributed by atoms with van der Waals surface area (Å²) in [5.41, 5.74) is 0. The lowest BCUT2D eigenvalue weighted by molar-refractivity contribution is -0.132. The molecule has 100 valence electrons. The Morgan fingerprint density at radius 2 is 2.28 bits per heavy atom. The number of piperazine rings is 1. The van der Waals surface area contributed by atoms with E-state index in [1.807, 2.05) is 11.9 Å². The molecule has 1 N–H and O–H groups in total. The highest BCUT2D eigenvalue weighted by Gasteiger charge is 2.17. The van der Waals surface area contributed by atoms with Crippen LogP contribution in [0, 0.1) is 0 Å². The Balaban J connectivity index is 1.69. The monoisotopic (exact) mass is 267 g/mol. The Morgan fingerprint density at radius 3 is 2.94 bits per heavy atom. The number of thiophene rings is 1. The lowest BCUT2D eigenvalue weighted by atomic mass is 10.3. The van der Waals surface area contributed by atoms with Gasteiger partial charge in [-0.15, -0.1) is 11.3 Å². The van der Waals surface area contributed by atoms with Gasteiger partial charge in [0.05, 0.1) is 6.54 Å². The van der Waals surface area contributed by atoms with Gasteiger partial charge in [-0.2, -0.15) is 0 Å². The molecule has 1 aromatic rings. The minimum atomic E-state index is 0.255. The molecule has 0 aromatic carbocycles. The number of carbonyl (C=O) groups excluding carboxylic acids is 1. The molecule has 1 aliphatic rings. The van der Waals surface area contributed by atoms with E-state index >= 15 is 0 Å². The molecule has 0 atom stereocenters. The molecule has 1 amide bonds. The van der Waals surface area contributed by atoms with Crippen LogP contribution in [0.1, 0.15) is 4.88 Å². The van der Waals surface area contributed by atoms with Gasteiger partial charge in [0, 0.05) is 37.6 Å². The minimum absolute atomic E-state index is 0.255. The van der Waals surface area contributed by atoms with Gasteiger partial charge >= 0.3 is 0 Å². The molecule has 5 heteroatoms. The Labute approximate surface area is 113 Å². The Morgan fingerprint density at radius 1 is 1.50 bits per heavy atom. The van der Waals surface area contributed by atoms with Crippen molar-refractivity contribution < 1.29 is 4.79 Å². The van der Waals surface area contributed by atoms with Gasteiger partial charge in [0.15, 0.2) is 0 Å². The second-order valence-corrected chi connectivity index (χ2v) is 5.73. The summed E-state index contributed by atoms with van der Waals surface area (Å²) in [4.78, 5) is 17.5. The van der Waals surface area contributed by atoms with Crippen LogP contribution in [-0.2, 0) is 11.2 Å². The zero-order chi connectivity index (χ0) is 12.8. The van der Waals surface area contributed by atoms with Crippen LogP contribution in [0.2, 0.25) is 0 Å². The first-order valence-electron chi connectivity index (χ1n) is 6.45. The van der Waals surface area contributed by atoms with E-state index in [2.05, 4.69) is 27.7 Å². The van der Waals surface area contributed by atoms with Crippen LogP contribution in [0.3, 0.4) is 0 Å². The number of nitrogens with one attached hydrogen (secondary N) is 1. The summed E-state index contributed by atoms with van der Waals surface area (Å²) in [6, 6.07) is 4.22. The first-order chi connectivity index (χ1) is 8.75.